The van der Waals surface area contributed by atoms with E-state index in [1.54, 1.807) is 6.07 Å². The number of carbonyl (C=O) groups is 1. The first-order valence-electron chi connectivity index (χ1n) is 7.32. The summed E-state index contributed by atoms with van der Waals surface area (Å²) in [6.07, 6.45) is 3.39. The summed E-state index contributed by atoms with van der Waals surface area (Å²) in [5.74, 6) is -0.928. The van der Waals surface area contributed by atoms with Crippen molar-refractivity contribution in [2.45, 2.75) is 30.2 Å². The molecule has 2 aromatic rings. The van der Waals surface area contributed by atoms with E-state index in [9.17, 15) is 17.6 Å². The van der Waals surface area contributed by atoms with Crippen LogP contribution in [0.25, 0.3) is 10.9 Å². The standard InChI is InChI=1S/C15H16FN3O3S/c16-11-6-7-13(10-4-3-9-17-14(10)11)23(21,22)19-12-5-1-2-8-18-15(12)20/h3-4,6-7,9,12,19H,1-2,5,8H2,(H,18,20). The molecule has 8 heteroatoms. The van der Waals surface area contributed by atoms with E-state index in [0.29, 0.717) is 13.0 Å². The fourth-order valence-electron chi connectivity index (χ4n) is 2.65. The van der Waals surface area contributed by atoms with Gasteiger partial charge in [0.2, 0.25) is 15.9 Å². The Hall–Kier alpha value is -2.06. The van der Waals surface area contributed by atoms with Crippen LogP contribution in [0.1, 0.15) is 19.3 Å². The minimum absolute atomic E-state index is 0.0132. The number of nitrogens with zero attached hydrogens (tertiary/aromatic N) is 1. The zero-order valence-corrected chi connectivity index (χ0v) is 13.1. The third kappa shape index (κ3) is 3.18. The highest BCUT2D eigenvalue weighted by Gasteiger charge is 2.28. The maximum atomic E-state index is 13.8. The van der Waals surface area contributed by atoms with Crippen LogP contribution in [-0.4, -0.2) is 31.9 Å². The number of rotatable bonds is 3. The zero-order chi connectivity index (χ0) is 16.4. The maximum absolute atomic E-state index is 13.8. The lowest BCUT2D eigenvalue weighted by atomic mass is 10.1. The first-order chi connectivity index (χ1) is 11.0. The van der Waals surface area contributed by atoms with Crippen molar-refractivity contribution in [3.63, 3.8) is 0 Å². The van der Waals surface area contributed by atoms with Crippen molar-refractivity contribution < 1.29 is 17.6 Å². The van der Waals surface area contributed by atoms with Crippen LogP contribution in [0.4, 0.5) is 4.39 Å². The van der Waals surface area contributed by atoms with Gasteiger partial charge in [-0.1, -0.05) is 0 Å². The molecule has 2 heterocycles. The number of halogens is 1. The predicted molar refractivity (Wildman–Crippen MR) is 82.7 cm³/mol. The molecule has 0 saturated carbocycles. The lowest BCUT2D eigenvalue weighted by molar-refractivity contribution is -0.122. The molecule has 0 bridgehead atoms. The minimum Gasteiger partial charge on any atom is -0.355 e. The Balaban J connectivity index is 2.00. The highest BCUT2D eigenvalue weighted by molar-refractivity contribution is 7.89. The summed E-state index contributed by atoms with van der Waals surface area (Å²) in [6.45, 7) is 0.542. The molecule has 1 fully saturated rings. The van der Waals surface area contributed by atoms with Crippen molar-refractivity contribution in [1.29, 1.82) is 0 Å². The summed E-state index contributed by atoms with van der Waals surface area (Å²) < 4.78 is 41.5. The molecule has 1 amide bonds. The van der Waals surface area contributed by atoms with Crippen molar-refractivity contribution in [3.8, 4) is 0 Å². The predicted octanol–water partition coefficient (Wildman–Crippen LogP) is 1.32. The van der Waals surface area contributed by atoms with Crippen LogP contribution in [0, 0.1) is 5.82 Å². The molecule has 1 aromatic carbocycles. The largest absolute Gasteiger partial charge is 0.355 e. The SMILES string of the molecule is O=C1NCCCCC1NS(=O)(=O)c1ccc(F)c2ncccc12. The Morgan fingerprint density at radius 2 is 2.09 bits per heavy atom. The van der Waals surface area contributed by atoms with E-state index in [1.165, 1.54) is 18.3 Å². The van der Waals surface area contributed by atoms with Crippen LogP contribution in [-0.2, 0) is 14.8 Å². The summed E-state index contributed by atoms with van der Waals surface area (Å²) >= 11 is 0. The van der Waals surface area contributed by atoms with Crippen LogP contribution in [0.3, 0.4) is 0 Å². The van der Waals surface area contributed by atoms with Crippen LogP contribution in [0.2, 0.25) is 0 Å². The van der Waals surface area contributed by atoms with Gasteiger partial charge in [-0.15, -0.1) is 0 Å². The van der Waals surface area contributed by atoms with Crippen LogP contribution in [0.15, 0.2) is 35.4 Å². The number of hydrogen-bond acceptors (Lipinski definition) is 4. The average molecular weight is 337 g/mol. The molecule has 1 saturated heterocycles. The fourth-order valence-corrected chi connectivity index (χ4v) is 4.08. The topological polar surface area (TPSA) is 88.2 Å². The van der Waals surface area contributed by atoms with E-state index in [2.05, 4.69) is 15.0 Å². The first kappa shape index (κ1) is 15.8. The maximum Gasteiger partial charge on any atom is 0.241 e. The second kappa shape index (κ2) is 6.21. The molecule has 6 nitrogen and oxygen atoms in total. The fraction of sp³-hybridized carbons (Fsp3) is 0.333. The number of sulfonamides is 1. The van der Waals surface area contributed by atoms with Crippen LogP contribution in [0.5, 0.6) is 0 Å². The van der Waals surface area contributed by atoms with E-state index in [0.717, 1.165) is 18.9 Å². The van der Waals surface area contributed by atoms with Crippen LogP contribution < -0.4 is 10.0 Å². The minimum atomic E-state index is -3.97. The van der Waals surface area contributed by atoms with E-state index in [-0.39, 0.29) is 21.7 Å². The van der Waals surface area contributed by atoms with Crippen molar-refractivity contribution in [2.75, 3.05) is 6.54 Å². The molecule has 1 atom stereocenters. The monoisotopic (exact) mass is 337 g/mol. The van der Waals surface area contributed by atoms with Gasteiger partial charge in [-0.3, -0.25) is 9.78 Å². The number of hydrogen-bond donors (Lipinski definition) is 2. The summed E-state index contributed by atoms with van der Waals surface area (Å²) in [5, 5.41) is 2.87. The van der Waals surface area contributed by atoms with E-state index < -0.39 is 21.9 Å². The molecule has 0 aliphatic carbocycles. The lowest BCUT2D eigenvalue weighted by Gasteiger charge is -2.16. The molecule has 0 radical (unpaired) electrons. The van der Waals surface area contributed by atoms with Crippen molar-refractivity contribution in [1.82, 2.24) is 15.0 Å². The molecular weight excluding hydrogens is 321 g/mol. The number of pyridine rings is 1. The van der Waals surface area contributed by atoms with Gasteiger partial charge in [-0.25, -0.2) is 12.8 Å². The number of benzene rings is 1. The summed E-state index contributed by atoms with van der Waals surface area (Å²) in [5.41, 5.74) is -0.0132. The second-order valence-corrected chi connectivity index (χ2v) is 7.09. The van der Waals surface area contributed by atoms with Gasteiger partial charge in [-0.2, -0.15) is 4.72 Å². The first-order valence-corrected chi connectivity index (χ1v) is 8.80. The second-order valence-electron chi connectivity index (χ2n) is 5.41. The molecular formula is C15H16FN3O3S. The molecule has 3 rings (SSSR count). The zero-order valence-electron chi connectivity index (χ0n) is 12.3. The summed E-state index contributed by atoms with van der Waals surface area (Å²) in [6, 6.07) is 4.47. The van der Waals surface area contributed by atoms with Crippen molar-refractivity contribution in [2.24, 2.45) is 0 Å². The molecule has 2 N–H and O–H groups in total. The molecule has 1 aromatic heterocycles. The quantitative estimate of drug-likeness (QED) is 0.884. The normalized spacial score (nSPS) is 19.3. The smallest absolute Gasteiger partial charge is 0.241 e. The van der Waals surface area contributed by atoms with Crippen LogP contribution >= 0.6 is 0 Å². The van der Waals surface area contributed by atoms with Gasteiger partial charge in [0.25, 0.3) is 0 Å². The Labute approximate surface area is 133 Å². The highest BCUT2D eigenvalue weighted by Crippen LogP contribution is 2.24. The third-order valence-electron chi connectivity index (χ3n) is 3.80. The summed E-state index contributed by atoms with van der Waals surface area (Å²) in [7, 11) is -3.97. The number of carbonyl (C=O) groups excluding carboxylic acids is 1. The van der Waals surface area contributed by atoms with E-state index in [4.69, 9.17) is 0 Å². The molecule has 1 unspecified atom stereocenters. The average Bonchev–Trinajstić information content (AvgIpc) is 2.72. The third-order valence-corrected chi connectivity index (χ3v) is 5.33. The van der Waals surface area contributed by atoms with Gasteiger partial charge >= 0.3 is 0 Å². The molecule has 122 valence electrons. The molecule has 1 aliphatic heterocycles. The summed E-state index contributed by atoms with van der Waals surface area (Å²) in [4.78, 5) is 15.7. The Morgan fingerprint density at radius 3 is 2.91 bits per heavy atom. The highest BCUT2D eigenvalue weighted by atomic mass is 32.2. The molecule has 23 heavy (non-hydrogen) atoms. The number of nitrogens with one attached hydrogen (secondary N) is 2. The van der Waals surface area contributed by atoms with Gasteiger partial charge in [0, 0.05) is 18.1 Å². The number of aromatic nitrogens is 1. The Bertz CT molecular complexity index is 854. The van der Waals surface area contributed by atoms with Crippen molar-refractivity contribution >= 4 is 26.8 Å². The Morgan fingerprint density at radius 1 is 1.26 bits per heavy atom. The van der Waals surface area contributed by atoms with Gasteiger partial charge in [-0.05, 0) is 43.5 Å². The van der Waals surface area contributed by atoms with E-state index >= 15 is 0 Å². The van der Waals surface area contributed by atoms with Gasteiger partial charge in [0.15, 0.2) is 0 Å². The van der Waals surface area contributed by atoms with E-state index in [1.807, 2.05) is 0 Å². The van der Waals surface area contributed by atoms with Gasteiger partial charge in [0.05, 0.1) is 4.90 Å². The number of amides is 1. The Kier molecular flexibility index (Phi) is 4.27. The molecule has 1 aliphatic rings. The number of fused-ring (bicyclic) bond motifs is 1. The van der Waals surface area contributed by atoms with Crippen molar-refractivity contribution in [3.05, 3.63) is 36.3 Å². The lowest BCUT2D eigenvalue weighted by Crippen LogP contribution is -2.45. The van der Waals surface area contributed by atoms with Gasteiger partial charge < -0.3 is 5.32 Å². The molecule has 0 spiro atoms. The van der Waals surface area contributed by atoms with Gasteiger partial charge in [0.1, 0.15) is 17.4 Å².